The first-order valence-electron chi connectivity index (χ1n) is 5.71. The van der Waals surface area contributed by atoms with E-state index < -0.39 is 0 Å². The standard InChI is InChI=1S/C14H13Cl2NS2/c15-10-1-6-13(16)14(9-10)19-8-7-18-12-4-2-11(17)3-5-12/h1-6,9H,7-8,17H2. The summed E-state index contributed by atoms with van der Waals surface area (Å²) >= 11 is 15.6. The van der Waals surface area contributed by atoms with E-state index in [-0.39, 0.29) is 0 Å². The second-order valence-corrected chi connectivity index (χ2v) is 6.99. The molecule has 0 atom stereocenters. The van der Waals surface area contributed by atoms with Gasteiger partial charge in [-0.15, -0.1) is 23.5 Å². The van der Waals surface area contributed by atoms with Gasteiger partial charge in [-0.05, 0) is 42.5 Å². The highest BCUT2D eigenvalue weighted by Gasteiger charge is 2.02. The molecule has 100 valence electrons. The topological polar surface area (TPSA) is 26.0 Å². The summed E-state index contributed by atoms with van der Waals surface area (Å²) in [5, 5.41) is 1.48. The van der Waals surface area contributed by atoms with Crippen LogP contribution in [0.5, 0.6) is 0 Å². The number of nitrogen functional groups attached to an aromatic ring is 1. The van der Waals surface area contributed by atoms with Crippen molar-refractivity contribution in [3.8, 4) is 0 Å². The van der Waals surface area contributed by atoms with Crippen LogP contribution < -0.4 is 5.73 Å². The molecule has 5 heteroatoms. The van der Waals surface area contributed by atoms with Crippen LogP contribution in [0.3, 0.4) is 0 Å². The zero-order valence-corrected chi connectivity index (χ0v) is 13.3. The molecule has 2 N–H and O–H groups in total. The Balaban J connectivity index is 1.80. The number of nitrogens with two attached hydrogens (primary N) is 1. The van der Waals surface area contributed by atoms with Crippen molar-refractivity contribution in [3.05, 3.63) is 52.5 Å². The van der Waals surface area contributed by atoms with Crippen LogP contribution >= 0.6 is 46.7 Å². The average molecular weight is 330 g/mol. The molecule has 0 fully saturated rings. The number of hydrogen-bond donors (Lipinski definition) is 1. The Kier molecular flexibility index (Phi) is 5.76. The van der Waals surface area contributed by atoms with E-state index in [0.717, 1.165) is 32.1 Å². The lowest BCUT2D eigenvalue weighted by Crippen LogP contribution is -1.86. The molecule has 0 saturated heterocycles. The fourth-order valence-electron chi connectivity index (χ4n) is 1.46. The number of anilines is 1. The molecule has 0 radical (unpaired) electrons. The molecule has 2 aromatic rings. The van der Waals surface area contributed by atoms with Gasteiger partial charge >= 0.3 is 0 Å². The summed E-state index contributed by atoms with van der Waals surface area (Å²) in [6, 6.07) is 13.5. The van der Waals surface area contributed by atoms with Crippen molar-refractivity contribution in [2.45, 2.75) is 9.79 Å². The van der Waals surface area contributed by atoms with Crippen LogP contribution in [-0.4, -0.2) is 11.5 Å². The fourth-order valence-corrected chi connectivity index (χ4v) is 3.85. The van der Waals surface area contributed by atoms with Gasteiger partial charge in [0, 0.05) is 32.0 Å². The number of thioether (sulfide) groups is 2. The van der Waals surface area contributed by atoms with Crippen LogP contribution in [0.15, 0.2) is 52.3 Å². The Morgan fingerprint density at radius 3 is 2.32 bits per heavy atom. The predicted octanol–water partition coefficient (Wildman–Crippen LogP) is 5.46. The molecule has 0 unspecified atom stereocenters. The van der Waals surface area contributed by atoms with Crippen molar-refractivity contribution in [1.82, 2.24) is 0 Å². The molecule has 0 heterocycles. The summed E-state index contributed by atoms with van der Waals surface area (Å²) in [6.07, 6.45) is 0. The van der Waals surface area contributed by atoms with Crippen molar-refractivity contribution >= 4 is 52.4 Å². The Morgan fingerprint density at radius 1 is 0.895 bits per heavy atom. The van der Waals surface area contributed by atoms with E-state index in [0.29, 0.717) is 0 Å². The minimum Gasteiger partial charge on any atom is -0.399 e. The van der Waals surface area contributed by atoms with Gasteiger partial charge in [0.05, 0.1) is 5.02 Å². The molecule has 2 aromatic carbocycles. The van der Waals surface area contributed by atoms with E-state index >= 15 is 0 Å². The van der Waals surface area contributed by atoms with Crippen LogP contribution in [0.1, 0.15) is 0 Å². The van der Waals surface area contributed by atoms with Gasteiger partial charge in [0.1, 0.15) is 0 Å². The van der Waals surface area contributed by atoms with Crippen molar-refractivity contribution in [2.75, 3.05) is 17.2 Å². The lowest BCUT2D eigenvalue weighted by Gasteiger charge is -2.05. The number of benzene rings is 2. The SMILES string of the molecule is Nc1ccc(SCCSc2cc(Cl)ccc2Cl)cc1. The van der Waals surface area contributed by atoms with E-state index in [4.69, 9.17) is 28.9 Å². The van der Waals surface area contributed by atoms with E-state index in [1.807, 2.05) is 36.4 Å². The van der Waals surface area contributed by atoms with Gasteiger partial charge in [0.15, 0.2) is 0 Å². The van der Waals surface area contributed by atoms with Gasteiger partial charge in [0.2, 0.25) is 0 Å². The summed E-state index contributed by atoms with van der Waals surface area (Å²) in [4.78, 5) is 2.26. The largest absolute Gasteiger partial charge is 0.399 e. The van der Waals surface area contributed by atoms with E-state index in [9.17, 15) is 0 Å². The molecule has 0 aliphatic rings. The zero-order chi connectivity index (χ0) is 13.7. The first-order valence-corrected chi connectivity index (χ1v) is 8.44. The Labute approximate surface area is 131 Å². The van der Waals surface area contributed by atoms with Crippen LogP contribution in [0.25, 0.3) is 0 Å². The third-order valence-electron chi connectivity index (χ3n) is 2.38. The van der Waals surface area contributed by atoms with E-state index in [2.05, 4.69) is 0 Å². The van der Waals surface area contributed by atoms with Crippen LogP contribution in [0.2, 0.25) is 10.0 Å². The molecule has 0 spiro atoms. The van der Waals surface area contributed by atoms with Gasteiger partial charge in [-0.2, -0.15) is 0 Å². The summed E-state index contributed by atoms with van der Waals surface area (Å²) < 4.78 is 0. The Morgan fingerprint density at radius 2 is 1.58 bits per heavy atom. The molecule has 0 amide bonds. The molecule has 0 aliphatic heterocycles. The van der Waals surface area contributed by atoms with Crippen LogP contribution in [-0.2, 0) is 0 Å². The smallest absolute Gasteiger partial charge is 0.0542 e. The van der Waals surface area contributed by atoms with Crippen molar-refractivity contribution in [3.63, 3.8) is 0 Å². The maximum atomic E-state index is 6.11. The third-order valence-corrected chi connectivity index (χ3v) is 5.39. The van der Waals surface area contributed by atoms with E-state index in [1.54, 1.807) is 29.6 Å². The number of rotatable bonds is 5. The molecule has 1 nitrogen and oxygen atoms in total. The van der Waals surface area contributed by atoms with Gasteiger partial charge in [-0.1, -0.05) is 23.2 Å². The van der Waals surface area contributed by atoms with Gasteiger partial charge in [-0.3, -0.25) is 0 Å². The molecule has 19 heavy (non-hydrogen) atoms. The maximum absolute atomic E-state index is 6.11. The molecular weight excluding hydrogens is 317 g/mol. The maximum Gasteiger partial charge on any atom is 0.0542 e. The summed E-state index contributed by atoms with van der Waals surface area (Å²) in [5.74, 6) is 1.99. The quantitative estimate of drug-likeness (QED) is 0.448. The van der Waals surface area contributed by atoms with E-state index in [1.165, 1.54) is 4.90 Å². The highest BCUT2D eigenvalue weighted by atomic mass is 35.5. The number of halogens is 2. The van der Waals surface area contributed by atoms with Gasteiger partial charge in [-0.25, -0.2) is 0 Å². The highest BCUT2D eigenvalue weighted by Crippen LogP contribution is 2.31. The normalized spacial score (nSPS) is 10.6. The van der Waals surface area contributed by atoms with Gasteiger partial charge < -0.3 is 5.73 Å². The second kappa shape index (κ2) is 7.34. The molecule has 0 saturated carbocycles. The third kappa shape index (κ3) is 4.84. The molecule has 0 aliphatic carbocycles. The van der Waals surface area contributed by atoms with Crippen molar-refractivity contribution in [1.29, 1.82) is 0 Å². The zero-order valence-electron chi connectivity index (χ0n) is 10.1. The monoisotopic (exact) mass is 329 g/mol. The minimum atomic E-state index is 0.720. The minimum absolute atomic E-state index is 0.720. The molecule has 0 aromatic heterocycles. The van der Waals surface area contributed by atoms with Crippen LogP contribution in [0, 0.1) is 0 Å². The molecule has 0 bridgehead atoms. The second-order valence-electron chi connectivity index (χ2n) is 3.84. The molecule has 2 rings (SSSR count). The van der Waals surface area contributed by atoms with Crippen molar-refractivity contribution < 1.29 is 0 Å². The fraction of sp³-hybridized carbons (Fsp3) is 0.143. The first kappa shape index (κ1) is 14.9. The molecular formula is C14H13Cl2NS2. The van der Waals surface area contributed by atoms with Gasteiger partial charge in [0.25, 0.3) is 0 Å². The highest BCUT2D eigenvalue weighted by molar-refractivity contribution is 8.03. The lowest BCUT2D eigenvalue weighted by atomic mass is 10.3. The summed E-state index contributed by atoms with van der Waals surface area (Å²) in [6.45, 7) is 0. The first-order chi connectivity index (χ1) is 9.15. The Bertz CT molecular complexity index is 544. The number of hydrogen-bond acceptors (Lipinski definition) is 3. The summed E-state index contributed by atoms with van der Waals surface area (Å²) in [7, 11) is 0. The Hall–Kier alpha value is -0.480. The van der Waals surface area contributed by atoms with Crippen molar-refractivity contribution in [2.24, 2.45) is 0 Å². The lowest BCUT2D eigenvalue weighted by molar-refractivity contribution is 1.41. The summed E-state index contributed by atoms with van der Waals surface area (Å²) in [5.41, 5.74) is 6.44. The van der Waals surface area contributed by atoms with Crippen LogP contribution in [0.4, 0.5) is 5.69 Å². The average Bonchev–Trinajstić information content (AvgIpc) is 2.40. The predicted molar refractivity (Wildman–Crippen MR) is 88.8 cm³/mol.